The Balaban J connectivity index is 2.97. The average Bonchev–Trinajstić information content (AvgIpc) is 2.30. The summed E-state index contributed by atoms with van der Waals surface area (Å²) in [5.41, 5.74) is -0.240. The molecule has 1 aromatic rings. The lowest BCUT2D eigenvalue weighted by molar-refractivity contribution is -0.385. The Bertz CT molecular complexity index is 464. The van der Waals surface area contributed by atoms with Gasteiger partial charge in [0, 0.05) is 13.2 Å². The summed E-state index contributed by atoms with van der Waals surface area (Å²) < 4.78 is 9.75. The summed E-state index contributed by atoms with van der Waals surface area (Å²) in [7, 11) is 1.31. The normalized spacial score (nSPS) is 11.9. The Morgan fingerprint density at radius 2 is 2.28 bits per heavy atom. The highest BCUT2D eigenvalue weighted by molar-refractivity contribution is 6.32. The molecule has 0 spiro atoms. The molecule has 0 aliphatic heterocycles. The zero-order chi connectivity index (χ0) is 13.7. The first kappa shape index (κ1) is 14.2. The van der Waals surface area contributed by atoms with Crippen LogP contribution in [0.3, 0.4) is 0 Å². The number of non-ortho nitro benzene ring substituents is 1. The molecule has 0 fully saturated rings. The van der Waals surface area contributed by atoms with Gasteiger partial charge < -0.3 is 14.6 Å². The molecule has 0 saturated carbocycles. The van der Waals surface area contributed by atoms with Gasteiger partial charge in [0.05, 0.1) is 22.6 Å². The Kier molecular flexibility index (Phi) is 4.87. The Morgan fingerprint density at radius 1 is 1.61 bits per heavy atom. The number of carboxylic acid groups (broad SMARTS) is 1. The molecule has 0 saturated heterocycles. The highest BCUT2D eigenvalue weighted by atomic mass is 35.5. The zero-order valence-electron chi connectivity index (χ0n) is 9.33. The number of rotatable bonds is 6. The van der Waals surface area contributed by atoms with Gasteiger partial charge in [-0.1, -0.05) is 11.6 Å². The van der Waals surface area contributed by atoms with E-state index in [2.05, 4.69) is 4.74 Å². The van der Waals surface area contributed by atoms with Gasteiger partial charge in [-0.05, 0) is 6.07 Å². The summed E-state index contributed by atoms with van der Waals surface area (Å²) in [4.78, 5) is 20.8. The van der Waals surface area contributed by atoms with E-state index in [1.165, 1.54) is 19.2 Å². The van der Waals surface area contributed by atoms with Crippen molar-refractivity contribution in [2.24, 2.45) is 0 Å². The van der Waals surface area contributed by atoms with E-state index in [9.17, 15) is 14.9 Å². The van der Waals surface area contributed by atoms with Gasteiger partial charge in [0.25, 0.3) is 5.69 Å². The average molecular weight is 276 g/mol. The smallest absolute Gasteiger partial charge is 0.347 e. The number of hydrogen-bond acceptors (Lipinski definition) is 5. The van der Waals surface area contributed by atoms with Gasteiger partial charge >= 0.3 is 5.97 Å². The first-order valence-corrected chi connectivity index (χ1v) is 5.16. The van der Waals surface area contributed by atoms with E-state index >= 15 is 0 Å². The predicted octanol–water partition coefficient (Wildman–Crippen LogP) is 1.73. The maximum absolute atomic E-state index is 10.8. The molecule has 1 rings (SSSR count). The second-order valence-corrected chi connectivity index (χ2v) is 3.68. The molecule has 18 heavy (non-hydrogen) atoms. The van der Waals surface area contributed by atoms with E-state index in [0.29, 0.717) is 0 Å². The Labute approximate surface area is 107 Å². The summed E-state index contributed by atoms with van der Waals surface area (Å²) in [5.74, 6) is -1.32. The second-order valence-electron chi connectivity index (χ2n) is 3.27. The number of benzene rings is 1. The molecule has 0 amide bonds. The van der Waals surface area contributed by atoms with Crippen molar-refractivity contribution in [2.75, 3.05) is 13.7 Å². The number of aliphatic carboxylic acids is 1. The highest BCUT2D eigenvalue weighted by Gasteiger charge is 2.21. The number of nitro benzene ring substituents is 1. The Hall–Kier alpha value is -1.86. The molecule has 0 radical (unpaired) electrons. The fourth-order valence-corrected chi connectivity index (χ4v) is 1.32. The fraction of sp³-hybridized carbons (Fsp3) is 0.300. The minimum Gasteiger partial charge on any atom is -0.478 e. The summed E-state index contributed by atoms with van der Waals surface area (Å²) in [6, 6.07) is 3.52. The van der Waals surface area contributed by atoms with Crippen molar-refractivity contribution in [1.82, 2.24) is 0 Å². The molecule has 7 nitrogen and oxygen atoms in total. The van der Waals surface area contributed by atoms with Crippen LogP contribution in [0, 0.1) is 10.1 Å². The van der Waals surface area contributed by atoms with Crippen LogP contribution in [0.25, 0.3) is 0 Å². The molecule has 0 bridgehead atoms. The number of hydrogen-bond donors (Lipinski definition) is 1. The molecule has 1 N–H and O–H groups in total. The minimum absolute atomic E-state index is 0.0738. The molecule has 0 aliphatic carbocycles. The monoisotopic (exact) mass is 275 g/mol. The quantitative estimate of drug-likeness (QED) is 0.627. The van der Waals surface area contributed by atoms with Gasteiger partial charge in [-0.15, -0.1) is 0 Å². The van der Waals surface area contributed by atoms with Crippen molar-refractivity contribution < 1.29 is 24.3 Å². The van der Waals surface area contributed by atoms with Gasteiger partial charge in [0.1, 0.15) is 5.75 Å². The molecular weight excluding hydrogens is 266 g/mol. The summed E-state index contributed by atoms with van der Waals surface area (Å²) >= 11 is 5.77. The molecule has 1 atom stereocenters. The highest BCUT2D eigenvalue weighted by Crippen LogP contribution is 2.29. The number of carboxylic acids is 1. The maximum Gasteiger partial charge on any atom is 0.347 e. The molecular formula is C10H10ClNO6. The molecule has 1 aromatic carbocycles. The molecule has 98 valence electrons. The number of halogens is 1. The molecule has 0 aliphatic rings. The number of nitrogens with zero attached hydrogens (tertiary/aromatic N) is 1. The number of ether oxygens (including phenoxy) is 2. The van der Waals surface area contributed by atoms with Gasteiger partial charge in [0.15, 0.2) is 0 Å². The van der Waals surface area contributed by atoms with Crippen molar-refractivity contribution >= 4 is 23.3 Å². The largest absolute Gasteiger partial charge is 0.478 e. The van der Waals surface area contributed by atoms with Gasteiger partial charge in [-0.2, -0.15) is 0 Å². The number of carbonyl (C=O) groups is 1. The first-order valence-electron chi connectivity index (χ1n) is 4.78. The van der Waals surface area contributed by atoms with E-state index in [1.54, 1.807) is 0 Å². The van der Waals surface area contributed by atoms with E-state index in [4.69, 9.17) is 21.4 Å². The van der Waals surface area contributed by atoms with Crippen LogP contribution in [0.1, 0.15) is 0 Å². The van der Waals surface area contributed by atoms with Gasteiger partial charge in [0.2, 0.25) is 6.10 Å². The summed E-state index contributed by atoms with van der Waals surface area (Å²) in [6.07, 6.45) is -1.28. The van der Waals surface area contributed by atoms with E-state index in [-0.39, 0.29) is 23.1 Å². The van der Waals surface area contributed by atoms with Crippen LogP contribution in [0.15, 0.2) is 18.2 Å². The summed E-state index contributed by atoms with van der Waals surface area (Å²) in [5, 5.41) is 19.5. The molecule has 0 heterocycles. The lowest BCUT2D eigenvalue weighted by Crippen LogP contribution is -2.31. The standard InChI is InChI=1S/C10H10ClNO6/c1-17-5-9(10(13)14)18-8-4-6(12(15)16)2-3-7(8)11/h2-4,9H,5H2,1H3,(H,13,14). The molecule has 8 heteroatoms. The van der Waals surface area contributed by atoms with Gasteiger partial charge in [-0.25, -0.2) is 4.79 Å². The zero-order valence-corrected chi connectivity index (χ0v) is 10.1. The third kappa shape index (κ3) is 3.57. The van der Waals surface area contributed by atoms with Crippen molar-refractivity contribution in [3.05, 3.63) is 33.3 Å². The third-order valence-corrected chi connectivity index (χ3v) is 2.30. The SMILES string of the molecule is COCC(Oc1cc([N+](=O)[O-])ccc1Cl)C(=O)O. The van der Waals surface area contributed by atoms with E-state index < -0.39 is 17.0 Å². The van der Waals surface area contributed by atoms with Crippen LogP contribution in [0.4, 0.5) is 5.69 Å². The fourth-order valence-electron chi connectivity index (χ4n) is 1.16. The number of nitro groups is 1. The lowest BCUT2D eigenvalue weighted by atomic mass is 10.3. The van der Waals surface area contributed by atoms with E-state index in [0.717, 1.165) is 6.07 Å². The van der Waals surface area contributed by atoms with Crippen LogP contribution >= 0.6 is 11.6 Å². The Morgan fingerprint density at radius 3 is 2.78 bits per heavy atom. The van der Waals surface area contributed by atoms with Crippen LogP contribution in [0.2, 0.25) is 5.02 Å². The van der Waals surface area contributed by atoms with Crippen LogP contribution in [-0.2, 0) is 9.53 Å². The predicted molar refractivity (Wildman–Crippen MR) is 62.0 cm³/mol. The maximum atomic E-state index is 10.8. The topological polar surface area (TPSA) is 98.9 Å². The summed E-state index contributed by atoms with van der Waals surface area (Å²) in [6.45, 7) is -0.200. The molecule has 1 unspecified atom stereocenters. The van der Waals surface area contributed by atoms with Crippen molar-refractivity contribution in [3.63, 3.8) is 0 Å². The third-order valence-electron chi connectivity index (χ3n) is 1.99. The van der Waals surface area contributed by atoms with Crippen molar-refractivity contribution in [2.45, 2.75) is 6.10 Å². The lowest BCUT2D eigenvalue weighted by Gasteiger charge is -2.14. The van der Waals surface area contributed by atoms with E-state index in [1.807, 2.05) is 0 Å². The van der Waals surface area contributed by atoms with Gasteiger partial charge in [-0.3, -0.25) is 10.1 Å². The van der Waals surface area contributed by atoms with Crippen LogP contribution < -0.4 is 4.74 Å². The van der Waals surface area contributed by atoms with Crippen molar-refractivity contribution in [3.8, 4) is 5.75 Å². The van der Waals surface area contributed by atoms with Crippen LogP contribution in [0.5, 0.6) is 5.75 Å². The van der Waals surface area contributed by atoms with Crippen LogP contribution in [-0.4, -0.2) is 35.8 Å². The first-order chi connectivity index (χ1) is 8.45. The second kappa shape index (κ2) is 6.18. The van der Waals surface area contributed by atoms with Crippen molar-refractivity contribution in [1.29, 1.82) is 0 Å². The molecule has 0 aromatic heterocycles. The number of methoxy groups -OCH3 is 1. The minimum atomic E-state index is -1.28.